The fourth-order valence-corrected chi connectivity index (χ4v) is 3.10. The lowest BCUT2D eigenvalue weighted by Crippen LogP contribution is -2.42. The number of rotatable bonds is 9. The zero-order chi connectivity index (χ0) is 10.9. The van der Waals surface area contributed by atoms with Gasteiger partial charge in [0.05, 0.1) is 0 Å². The van der Waals surface area contributed by atoms with Crippen LogP contribution in [0.2, 0.25) is 6.04 Å². The van der Waals surface area contributed by atoms with Crippen LogP contribution in [0.25, 0.3) is 0 Å². The maximum atomic E-state index is 5.30. The molecule has 0 aliphatic heterocycles. The Morgan fingerprint density at radius 2 is 1.57 bits per heavy atom. The van der Waals surface area contributed by atoms with Gasteiger partial charge in [0.15, 0.2) is 0 Å². The standard InChI is InChI=1S/C8H22N2O3Si/c1-11-14(12-2,13-3)8-6-4-5-7-10-9/h10H,4-9H2,1-3H3. The number of nitrogens with two attached hydrogens (primary N) is 1. The Bertz CT molecular complexity index is 125. The minimum atomic E-state index is -2.33. The van der Waals surface area contributed by atoms with Gasteiger partial charge in [-0.15, -0.1) is 0 Å². The third kappa shape index (κ3) is 5.04. The monoisotopic (exact) mass is 222 g/mol. The minimum Gasteiger partial charge on any atom is -0.377 e. The van der Waals surface area contributed by atoms with E-state index in [0.717, 1.165) is 31.9 Å². The first kappa shape index (κ1) is 14.0. The number of nitrogens with one attached hydrogen (secondary N) is 1. The van der Waals surface area contributed by atoms with Gasteiger partial charge in [-0.2, -0.15) is 0 Å². The van der Waals surface area contributed by atoms with Gasteiger partial charge in [-0.3, -0.25) is 11.3 Å². The summed E-state index contributed by atoms with van der Waals surface area (Å²) in [5.41, 5.74) is 2.62. The summed E-state index contributed by atoms with van der Waals surface area (Å²) in [5, 5.41) is 0. The van der Waals surface area contributed by atoms with Crippen molar-refractivity contribution in [2.75, 3.05) is 27.9 Å². The molecule has 0 aromatic rings. The molecular weight excluding hydrogens is 200 g/mol. The largest absolute Gasteiger partial charge is 0.500 e. The van der Waals surface area contributed by atoms with E-state index in [1.54, 1.807) is 21.3 Å². The van der Waals surface area contributed by atoms with Crippen LogP contribution < -0.4 is 11.3 Å². The van der Waals surface area contributed by atoms with Crippen molar-refractivity contribution in [1.29, 1.82) is 0 Å². The van der Waals surface area contributed by atoms with Crippen molar-refractivity contribution in [2.45, 2.75) is 25.3 Å². The van der Waals surface area contributed by atoms with Gasteiger partial charge >= 0.3 is 8.80 Å². The lowest BCUT2D eigenvalue weighted by Gasteiger charge is -2.24. The van der Waals surface area contributed by atoms with Crippen molar-refractivity contribution in [3.63, 3.8) is 0 Å². The molecule has 3 N–H and O–H groups in total. The van der Waals surface area contributed by atoms with E-state index in [1.807, 2.05) is 0 Å². The summed E-state index contributed by atoms with van der Waals surface area (Å²) in [6, 6.07) is 0.862. The first-order valence-corrected chi connectivity index (χ1v) is 6.76. The molecule has 0 aromatic carbocycles. The molecule has 0 bridgehead atoms. The summed E-state index contributed by atoms with van der Waals surface area (Å²) in [5.74, 6) is 5.16. The van der Waals surface area contributed by atoms with Gasteiger partial charge in [-0.05, 0) is 12.8 Å². The second-order valence-corrected chi connectivity index (χ2v) is 6.15. The Balaban J connectivity index is 3.61. The van der Waals surface area contributed by atoms with Crippen molar-refractivity contribution in [3.05, 3.63) is 0 Å². The quantitative estimate of drug-likeness (QED) is 0.257. The molecule has 5 nitrogen and oxygen atoms in total. The van der Waals surface area contributed by atoms with E-state index >= 15 is 0 Å². The molecule has 0 fully saturated rings. The minimum absolute atomic E-state index is 0.849. The van der Waals surface area contributed by atoms with E-state index in [0.29, 0.717) is 0 Å². The van der Waals surface area contributed by atoms with Gasteiger partial charge in [0.1, 0.15) is 0 Å². The number of hydrazine groups is 1. The van der Waals surface area contributed by atoms with E-state index in [9.17, 15) is 0 Å². The van der Waals surface area contributed by atoms with Crippen molar-refractivity contribution in [2.24, 2.45) is 5.84 Å². The highest BCUT2D eigenvalue weighted by atomic mass is 28.4. The highest BCUT2D eigenvalue weighted by Crippen LogP contribution is 2.16. The van der Waals surface area contributed by atoms with Crippen LogP contribution in [0.15, 0.2) is 0 Å². The number of hydrogen-bond acceptors (Lipinski definition) is 5. The Labute approximate surface area is 87.2 Å². The average molecular weight is 222 g/mol. The maximum absolute atomic E-state index is 5.30. The van der Waals surface area contributed by atoms with Gasteiger partial charge in [-0.25, -0.2) is 0 Å². The van der Waals surface area contributed by atoms with Crippen LogP contribution >= 0.6 is 0 Å². The van der Waals surface area contributed by atoms with Crippen molar-refractivity contribution in [3.8, 4) is 0 Å². The van der Waals surface area contributed by atoms with Gasteiger partial charge < -0.3 is 13.3 Å². The van der Waals surface area contributed by atoms with Crippen LogP contribution in [0.3, 0.4) is 0 Å². The third-order valence-corrected chi connectivity index (χ3v) is 5.07. The molecule has 0 aromatic heterocycles. The number of hydrogen-bond donors (Lipinski definition) is 2. The van der Waals surface area contributed by atoms with E-state index < -0.39 is 8.80 Å². The van der Waals surface area contributed by atoms with E-state index in [-0.39, 0.29) is 0 Å². The topological polar surface area (TPSA) is 65.7 Å². The summed E-state index contributed by atoms with van der Waals surface area (Å²) in [6.45, 7) is 0.849. The zero-order valence-corrected chi connectivity index (χ0v) is 10.3. The van der Waals surface area contributed by atoms with Crippen molar-refractivity contribution >= 4 is 8.80 Å². The Hall–Kier alpha value is 0.0169. The molecule has 0 saturated carbocycles. The molecule has 0 amide bonds. The Kier molecular flexibility index (Phi) is 8.35. The van der Waals surface area contributed by atoms with Gasteiger partial charge in [0.2, 0.25) is 0 Å². The smallest absolute Gasteiger partial charge is 0.377 e. The van der Waals surface area contributed by atoms with Gasteiger partial charge in [0.25, 0.3) is 0 Å². The van der Waals surface area contributed by atoms with Crippen molar-refractivity contribution in [1.82, 2.24) is 5.43 Å². The maximum Gasteiger partial charge on any atom is 0.500 e. The highest BCUT2D eigenvalue weighted by Gasteiger charge is 2.36. The van der Waals surface area contributed by atoms with Gasteiger partial charge in [-0.1, -0.05) is 6.42 Å². The van der Waals surface area contributed by atoms with Crippen LogP contribution in [-0.4, -0.2) is 36.7 Å². The lowest BCUT2D eigenvalue weighted by atomic mass is 10.2. The predicted octanol–water partition coefficient (Wildman–Crippen LogP) is 0.498. The molecule has 0 rings (SSSR count). The van der Waals surface area contributed by atoms with E-state index in [2.05, 4.69) is 5.43 Å². The average Bonchev–Trinajstić information content (AvgIpc) is 2.24. The summed E-state index contributed by atoms with van der Waals surface area (Å²) in [6.07, 6.45) is 3.22. The Morgan fingerprint density at radius 3 is 2.00 bits per heavy atom. The second kappa shape index (κ2) is 8.34. The van der Waals surface area contributed by atoms with Crippen LogP contribution in [0.4, 0.5) is 0 Å². The van der Waals surface area contributed by atoms with E-state index in [4.69, 9.17) is 19.1 Å². The molecule has 86 valence electrons. The fraction of sp³-hybridized carbons (Fsp3) is 1.00. The molecule has 0 saturated heterocycles. The molecule has 0 spiro atoms. The first-order chi connectivity index (χ1) is 6.74. The molecule has 14 heavy (non-hydrogen) atoms. The molecule has 0 aliphatic carbocycles. The molecule has 6 heteroatoms. The summed E-state index contributed by atoms with van der Waals surface area (Å²) in [7, 11) is 2.59. The SMILES string of the molecule is CO[Si](CCCCCNN)(OC)OC. The first-order valence-electron chi connectivity index (χ1n) is 4.83. The molecule has 0 radical (unpaired) electrons. The zero-order valence-electron chi connectivity index (χ0n) is 9.34. The van der Waals surface area contributed by atoms with Crippen LogP contribution in [-0.2, 0) is 13.3 Å². The molecule has 0 atom stereocenters. The number of unbranched alkanes of at least 4 members (excludes halogenated alkanes) is 2. The fourth-order valence-electron chi connectivity index (χ4n) is 1.30. The normalized spacial score (nSPS) is 12.0. The summed E-state index contributed by atoms with van der Waals surface area (Å²) >= 11 is 0. The Morgan fingerprint density at radius 1 is 1.00 bits per heavy atom. The van der Waals surface area contributed by atoms with Crippen molar-refractivity contribution < 1.29 is 13.3 Å². The van der Waals surface area contributed by atoms with Crippen LogP contribution in [0.5, 0.6) is 0 Å². The summed E-state index contributed by atoms with van der Waals surface area (Å²) in [4.78, 5) is 0. The molecule has 0 unspecified atom stereocenters. The predicted molar refractivity (Wildman–Crippen MR) is 57.6 cm³/mol. The highest BCUT2D eigenvalue weighted by molar-refractivity contribution is 6.60. The molecule has 0 aliphatic rings. The third-order valence-electron chi connectivity index (χ3n) is 2.24. The van der Waals surface area contributed by atoms with Gasteiger partial charge in [0, 0.05) is 33.9 Å². The summed E-state index contributed by atoms with van der Waals surface area (Å²) < 4.78 is 15.9. The lowest BCUT2D eigenvalue weighted by molar-refractivity contribution is 0.122. The molecule has 0 heterocycles. The van der Waals surface area contributed by atoms with Crippen LogP contribution in [0, 0.1) is 0 Å². The second-order valence-electron chi connectivity index (χ2n) is 3.06. The van der Waals surface area contributed by atoms with Crippen LogP contribution in [0.1, 0.15) is 19.3 Å². The van der Waals surface area contributed by atoms with E-state index in [1.165, 1.54) is 0 Å². The molecular formula is C8H22N2O3Si.